The molecule has 0 atom stereocenters. The summed E-state index contributed by atoms with van der Waals surface area (Å²) in [6.07, 6.45) is 0. The molecule has 2 rings (SSSR count). The van der Waals surface area contributed by atoms with Crippen molar-refractivity contribution in [2.75, 3.05) is 11.0 Å². The Kier molecular flexibility index (Phi) is 1.31. The van der Waals surface area contributed by atoms with Gasteiger partial charge in [0.25, 0.3) is 5.56 Å². The maximum absolute atomic E-state index is 10.8. The lowest BCUT2D eigenvalue weighted by atomic mass is 10.7. The van der Waals surface area contributed by atoms with Crippen LogP contribution in [0.3, 0.4) is 0 Å². The van der Waals surface area contributed by atoms with E-state index in [0.29, 0.717) is 0 Å². The predicted octanol–water partition coefficient (Wildman–Crippen LogP) is -0.774. The van der Waals surface area contributed by atoms with Crippen LogP contribution in [0.1, 0.15) is 0 Å². The topological polar surface area (TPSA) is 96.4 Å². The molecule has 0 saturated heterocycles. The molecule has 0 aromatic carbocycles. The van der Waals surface area contributed by atoms with Gasteiger partial charge in [-0.15, -0.1) is 0 Å². The molecular formula is C5H4N4O3. The van der Waals surface area contributed by atoms with Crippen LogP contribution in [0.25, 0.3) is 0 Å². The van der Waals surface area contributed by atoms with Crippen LogP contribution in [0.15, 0.2) is 10.9 Å². The van der Waals surface area contributed by atoms with E-state index in [4.69, 9.17) is 5.11 Å². The van der Waals surface area contributed by atoms with Gasteiger partial charge in [-0.3, -0.25) is 4.79 Å². The van der Waals surface area contributed by atoms with E-state index in [9.17, 15) is 4.79 Å². The lowest BCUT2D eigenvalue weighted by molar-refractivity contribution is 0.279. The van der Waals surface area contributed by atoms with Crippen molar-refractivity contribution in [3.63, 3.8) is 0 Å². The molecule has 0 amide bonds. The summed E-state index contributed by atoms with van der Waals surface area (Å²) in [4.78, 5) is 22.4. The fourth-order valence-electron chi connectivity index (χ4n) is 0.770. The van der Waals surface area contributed by atoms with Gasteiger partial charge in [-0.1, -0.05) is 0 Å². The van der Waals surface area contributed by atoms with Crippen molar-refractivity contribution in [3.05, 3.63) is 16.4 Å². The molecule has 1 aromatic rings. The lowest BCUT2D eigenvalue weighted by Crippen LogP contribution is -2.02. The lowest BCUT2D eigenvalue weighted by Gasteiger charge is -1.87. The zero-order valence-electron chi connectivity index (χ0n) is 5.74. The third-order valence-electron chi connectivity index (χ3n) is 1.22. The Labute approximate surface area is 66.0 Å². The number of hydrogen-bond acceptors (Lipinski definition) is 7. The quantitative estimate of drug-likeness (QED) is 0.467. The van der Waals surface area contributed by atoms with Crippen LogP contribution in [-0.4, -0.2) is 15.1 Å². The number of hydrogen-bond donors (Lipinski definition) is 3. The number of nitrogens with one attached hydrogen (secondary N) is 2. The van der Waals surface area contributed by atoms with Crippen molar-refractivity contribution in [1.82, 2.24) is 9.97 Å². The molecule has 0 fully saturated rings. The first kappa shape index (κ1) is 6.80. The zero-order chi connectivity index (χ0) is 8.55. The van der Waals surface area contributed by atoms with Crippen LogP contribution in [0.4, 0.5) is 11.6 Å². The van der Waals surface area contributed by atoms with Gasteiger partial charge in [-0.05, 0) is 0 Å². The third-order valence-corrected chi connectivity index (χ3v) is 1.22. The highest BCUT2D eigenvalue weighted by atomic mass is 16.8. The van der Waals surface area contributed by atoms with Gasteiger partial charge >= 0.3 is 0 Å². The molecule has 3 N–H and O–H groups in total. The van der Waals surface area contributed by atoms with Crippen LogP contribution >= 0.6 is 0 Å². The summed E-state index contributed by atoms with van der Waals surface area (Å²) in [7, 11) is 0. The van der Waals surface area contributed by atoms with Gasteiger partial charge in [0.15, 0.2) is 0 Å². The van der Waals surface area contributed by atoms with Crippen LogP contribution in [0.2, 0.25) is 0 Å². The highest BCUT2D eigenvalue weighted by Gasteiger charge is 2.13. The molecule has 0 aliphatic carbocycles. The summed E-state index contributed by atoms with van der Waals surface area (Å²) in [6.45, 7) is 0. The number of rotatable bonds is 0. The Balaban J connectivity index is 2.72. The first-order valence-electron chi connectivity index (χ1n) is 3.06. The van der Waals surface area contributed by atoms with Crippen molar-refractivity contribution in [1.29, 1.82) is 0 Å². The summed E-state index contributed by atoms with van der Waals surface area (Å²) in [6, 6.07) is 0.904. The van der Waals surface area contributed by atoms with Crippen molar-refractivity contribution < 1.29 is 10.0 Å². The van der Waals surface area contributed by atoms with Crippen molar-refractivity contribution in [2.24, 2.45) is 0 Å². The molecule has 1 aliphatic rings. The van der Waals surface area contributed by atoms with Crippen LogP contribution in [0.5, 0.6) is 5.88 Å². The number of aromatic hydroxyl groups is 1. The number of fused-ring (bicyclic) bond motifs is 1. The number of anilines is 2. The fourth-order valence-corrected chi connectivity index (χ4v) is 0.770. The number of nitrogens with zero attached hydrogens (tertiary/aromatic N) is 2. The summed E-state index contributed by atoms with van der Waals surface area (Å²) < 4.78 is 0. The highest BCUT2D eigenvalue weighted by molar-refractivity contribution is 5.59. The maximum Gasteiger partial charge on any atom is 0.277 e. The molecular weight excluding hydrogens is 164 g/mol. The van der Waals surface area contributed by atoms with E-state index in [1.807, 2.05) is 0 Å². The maximum atomic E-state index is 10.8. The average molecular weight is 168 g/mol. The SMILES string of the molecule is O=c1cc(O)nc2c(n1)NON2. The second-order valence-electron chi connectivity index (χ2n) is 2.07. The molecule has 1 aliphatic heterocycles. The monoisotopic (exact) mass is 168 g/mol. The molecule has 7 heteroatoms. The van der Waals surface area contributed by atoms with Crippen LogP contribution < -0.4 is 16.5 Å². The normalized spacial score (nSPS) is 13.0. The minimum Gasteiger partial charge on any atom is -0.493 e. The molecule has 7 nitrogen and oxygen atoms in total. The van der Waals surface area contributed by atoms with Gasteiger partial charge in [0.2, 0.25) is 17.5 Å². The van der Waals surface area contributed by atoms with Gasteiger partial charge < -0.3 is 5.11 Å². The summed E-state index contributed by atoms with van der Waals surface area (Å²) in [5.41, 5.74) is 4.00. The molecule has 0 bridgehead atoms. The van der Waals surface area contributed by atoms with E-state index in [-0.39, 0.29) is 11.6 Å². The second-order valence-corrected chi connectivity index (χ2v) is 2.07. The average Bonchev–Trinajstić information content (AvgIpc) is 2.31. The first-order valence-corrected chi connectivity index (χ1v) is 3.06. The van der Waals surface area contributed by atoms with E-state index in [0.717, 1.165) is 6.07 Å². The smallest absolute Gasteiger partial charge is 0.277 e. The van der Waals surface area contributed by atoms with Crippen LogP contribution in [-0.2, 0) is 4.94 Å². The molecule has 12 heavy (non-hydrogen) atoms. The van der Waals surface area contributed by atoms with E-state index < -0.39 is 11.4 Å². The van der Waals surface area contributed by atoms with Crippen molar-refractivity contribution in [2.45, 2.75) is 0 Å². The molecule has 0 saturated carbocycles. The summed E-state index contributed by atoms with van der Waals surface area (Å²) in [5.74, 6) is -0.0801. The van der Waals surface area contributed by atoms with E-state index in [2.05, 4.69) is 25.9 Å². The fraction of sp³-hybridized carbons (Fsp3) is 0. The Morgan fingerprint density at radius 2 is 2.00 bits per heavy atom. The first-order chi connectivity index (χ1) is 5.75. The standard InChI is InChI=1S/C5H4N4O3/c10-2-1-3(11)7-5-4(6-2)8-12-9-5/h1,10H,(H,6,8)(H,7,9,11). The van der Waals surface area contributed by atoms with Gasteiger partial charge in [0.1, 0.15) is 0 Å². The molecule has 62 valence electrons. The largest absolute Gasteiger partial charge is 0.493 e. The Morgan fingerprint density at radius 3 is 2.75 bits per heavy atom. The molecule has 2 heterocycles. The van der Waals surface area contributed by atoms with Crippen molar-refractivity contribution in [3.8, 4) is 5.88 Å². The third kappa shape index (κ3) is 1.01. The Hall–Kier alpha value is -1.89. The Bertz CT molecular complexity index is 380. The summed E-state index contributed by atoms with van der Waals surface area (Å²) >= 11 is 0. The van der Waals surface area contributed by atoms with Gasteiger partial charge in [0.05, 0.1) is 6.07 Å². The molecule has 0 spiro atoms. The minimum atomic E-state index is -0.596. The second kappa shape index (κ2) is 2.31. The van der Waals surface area contributed by atoms with E-state index >= 15 is 0 Å². The van der Waals surface area contributed by atoms with Crippen LogP contribution in [0, 0.1) is 0 Å². The van der Waals surface area contributed by atoms with Gasteiger partial charge in [-0.2, -0.15) is 14.9 Å². The zero-order valence-corrected chi connectivity index (χ0v) is 5.74. The van der Waals surface area contributed by atoms with Gasteiger partial charge in [0, 0.05) is 0 Å². The number of aromatic nitrogens is 2. The highest BCUT2D eigenvalue weighted by Crippen LogP contribution is 2.19. The van der Waals surface area contributed by atoms with Crippen molar-refractivity contribution >= 4 is 11.6 Å². The van der Waals surface area contributed by atoms with E-state index in [1.165, 1.54) is 0 Å². The Morgan fingerprint density at radius 1 is 1.33 bits per heavy atom. The predicted molar refractivity (Wildman–Crippen MR) is 38.3 cm³/mol. The van der Waals surface area contributed by atoms with Gasteiger partial charge in [-0.25, -0.2) is 11.0 Å². The summed E-state index contributed by atoms with van der Waals surface area (Å²) in [5, 5.41) is 8.96. The minimum absolute atomic E-state index is 0.153. The molecule has 1 aromatic heterocycles. The molecule has 0 radical (unpaired) electrons. The van der Waals surface area contributed by atoms with E-state index in [1.54, 1.807) is 0 Å². The molecule has 0 unspecified atom stereocenters.